The second-order valence-corrected chi connectivity index (χ2v) is 5.92. The van der Waals surface area contributed by atoms with Gasteiger partial charge in [-0.05, 0) is 12.8 Å². The van der Waals surface area contributed by atoms with Crippen LogP contribution in [0, 0.1) is 5.41 Å². The Balaban J connectivity index is 2.23. The molecule has 0 saturated heterocycles. The number of fused-ring (bicyclic) bond motifs is 1. The number of unbranched alkanes of at least 4 members (excludes halogenated alkanes) is 1. The minimum atomic E-state index is -0.695. The van der Waals surface area contributed by atoms with E-state index in [9.17, 15) is 9.90 Å². The van der Waals surface area contributed by atoms with Crippen molar-refractivity contribution in [3.05, 3.63) is 23.5 Å². The summed E-state index contributed by atoms with van der Waals surface area (Å²) >= 11 is 1.57. The van der Waals surface area contributed by atoms with Crippen LogP contribution in [0.25, 0.3) is 4.96 Å². The third-order valence-corrected chi connectivity index (χ3v) is 4.57. The summed E-state index contributed by atoms with van der Waals surface area (Å²) < 4.78 is 1.96. The fourth-order valence-corrected chi connectivity index (χ4v) is 3.17. The Morgan fingerprint density at radius 1 is 1.53 bits per heavy atom. The summed E-state index contributed by atoms with van der Waals surface area (Å²) in [5.74, 6) is -0.695. The number of aromatic nitrogens is 2. The highest BCUT2D eigenvalue weighted by Crippen LogP contribution is 2.33. The van der Waals surface area contributed by atoms with Crippen LogP contribution >= 0.6 is 11.3 Å². The van der Waals surface area contributed by atoms with E-state index in [0.29, 0.717) is 12.8 Å². The molecule has 0 saturated carbocycles. The molecule has 2 aromatic heterocycles. The Morgan fingerprint density at radius 3 is 2.89 bits per heavy atom. The van der Waals surface area contributed by atoms with Crippen LogP contribution in [0.4, 0.5) is 0 Å². The van der Waals surface area contributed by atoms with E-state index in [1.807, 2.05) is 29.1 Å². The van der Waals surface area contributed by atoms with Crippen molar-refractivity contribution >= 4 is 22.3 Å². The number of imidazole rings is 1. The maximum atomic E-state index is 11.7. The lowest BCUT2D eigenvalue weighted by Crippen LogP contribution is -2.33. The summed E-state index contributed by atoms with van der Waals surface area (Å²) in [5.41, 5.74) is 0.215. The molecule has 0 aliphatic carbocycles. The molecule has 0 aliphatic heterocycles. The molecule has 0 amide bonds. The second-order valence-electron chi connectivity index (χ2n) is 5.04. The normalized spacial score (nSPS) is 14.6. The van der Waals surface area contributed by atoms with Gasteiger partial charge in [-0.2, -0.15) is 0 Å². The van der Waals surface area contributed by atoms with E-state index < -0.39 is 11.4 Å². The van der Waals surface area contributed by atoms with Gasteiger partial charge in [0.05, 0.1) is 11.1 Å². The number of hydrogen-bond donors (Lipinski definition) is 1. The summed E-state index contributed by atoms with van der Waals surface area (Å²) in [6.07, 6.45) is 7.76. The maximum absolute atomic E-state index is 11.7. The van der Waals surface area contributed by atoms with Gasteiger partial charge in [-0.3, -0.25) is 9.20 Å². The van der Waals surface area contributed by atoms with E-state index in [1.54, 1.807) is 11.3 Å². The Morgan fingerprint density at radius 2 is 2.32 bits per heavy atom. The van der Waals surface area contributed by atoms with Crippen molar-refractivity contribution in [2.45, 2.75) is 46.0 Å². The summed E-state index contributed by atoms with van der Waals surface area (Å²) in [6, 6.07) is 0. The van der Waals surface area contributed by atoms with E-state index >= 15 is 0 Å². The molecule has 2 aromatic rings. The van der Waals surface area contributed by atoms with Gasteiger partial charge in [0, 0.05) is 24.2 Å². The van der Waals surface area contributed by atoms with Gasteiger partial charge in [-0.15, -0.1) is 11.3 Å². The molecule has 2 heterocycles. The van der Waals surface area contributed by atoms with E-state index in [2.05, 4.69) is 11.9 Å². The molecule has 0 aromatic carbocycles. The van der Waals surface area contributed by atoms with Gasteiger partial charge >= 0.3 is 5.97 Å². The molecule has 0 fully saturated rings. The van der Waals surface area contributed by atoms with Gasteiger partial charge in [-0.1, -0.05) is 26.7 Å². The van der Waals surface area contributed by atoms with Crippen molar-refractivity contribution in [1.82, 2.24) is 9.38 Å². The van der Waals surface area contributed by atoms with Crippen LogP contribution in [0.5, 0.6) is 0 Å². The minimum Gasteiger partial charge on any atom is -0.481 e. The first-order chi connectivity index (χ1) is 9.11. The first kappa shape index (κ1) is 14.1. The zero-order valence-electron chi connectivity index (χ0n) is 11.4. The van der Waals surface area contributed by atoms with Gasteiger partial charge < -0.3 is 5.11 Å². The van der Waals surface area contributed by atoms with E-state index in [1.165, 1.54) is 0 Å². The third-order valence-electron chi connectivity index (χ3n) is 3.80. The second kappa shape index (κ2) is 5.74. The number of carboxylic acid groups (broad SMARTS) is 1. The first-order valence-electron chi connectivity index (χ1n) is 6.76. The summed E-state index contributed by atoms with van der Waals surface area (Å²) in [5, 5.41) is 11.6. The molecular weight excluding hydrogens is 260 g/mol. The number of hydrogen-bond acceptors (Lipinski definition) is 3. The number of carboxylic acids is 1. The number of rotatable bonds is 7. The van der Waals surface area contributed by atoms with Gasteiger partial charge in [0.1, 0.15) is 0 Å². The molecule has 2 rings (SSSR count). The number of thiazole rings is 1. The van der Waals surface area contributed by atoms with Crippen molar-refractivity contribution in [1.29, 1.82) is 0 Å². The number of nitrogens with zero attached hydrogens (tertiary/aromatic N) is 2. The van der Waals surface area contributed by atoms with Gasteiger partial charge in [0.2, 0.25) is 0 Å². The molecule has 1 atom stereocenters. The molecule has 0 spiro atoms. The van der Waals surface area contributed by atoms with Crippen molar-refractivity contribution < 1.29 is 9.90 Å². The largest absolute Gasteiger partial charge is 0.481 e. The number of carbonyl (C=O) groups is 1. The first-order valence-corrected chi connectivity index (χ1v) is 7.63. The van der Waals surface area contributed by atoms with Crippen LogP contribution in [0.2, 0.25) is 0 Å². The molecule has 0 radical (unpaired) electrons. The average molecular weight is 280 g/mol. The fraction of sp³-hybridized carbons (Fsp3) is 0.571. The van der Waals surface area contributed by atoms with Gasteiger partial charge in [0.25, 0.3) is 0 Å². The molecule has 5 heteroatoms. The molecule has 1 unspecified atom stereocenters. The lowest BCUT2D eigenvalue weighted by atomic mass is 9.76. The highest BCUT2D eigenvalue weighted by atomic mass is 32.1. The van der Waals surface area contributed by atoms with Crippen LogP contribution in [-0.4, -0.2) is 20.5 Å². The van der Waals surface area contributed by atoms with Crippen molar-refractivity contribution in [2.24, 2.45) is 5.41 Å². The van der Waals surface area contributed by atoms with Crippen molar-refractivity contribution in [3.8, 4) is 0 Å². The standard InChI is InChI=1S/C14H20N2O2S/c1-3-5-6-14(4-2,12(17)18)9-11-10-16-7-8-19-13(16)15-11/h7-8,10H,3-6,9H2,1-2H3,(H,17,18). The third kappa shape index (κ3) is 2.81. The van der Waals surface area contributed by atoms with Crippen LogP contribution in [0.15, 0.2) is 17.8 Å². The fourth-order valence-electron chi connectivity index (χ4n) is 2.45. The van der Waals surface area contributed by atoms with Crippen molar-refractivity contribution in [3.63, 3.8) is 0 Å². The molecule has 1 N–H and O–H groups in total. The summed E-state index contributed by atoms with van der Waals surface area (Å²) in [4.78, 5) is 17.1. The number of aliphatic carboxylic acids is 1. The monoisotopic (exact) mass is 280 g/mol. The lowest BCUT2D eigenvalue weighted by Gasteiger charge is -2.27. The predicted molar refractivity (Wildman–Crippen MR) is 76.7 cm³/mol. The van der Waals surface area contributed by atoms with Crippen LogP contribution < -0.4 is 0 Å². The molecule has 4 nitrogen and oxygen atoms in total. The lowest BCUT2D eigenvalue weighted by molar-refractivity contribution is -0.149. The Labute approximate surface area is 117 Å². The summed E-state index contributed by atoms with van der Waals surface area (Å²) in [7, 11) is 0. The molecule has 19 heavy (non-hydrogen) atoms. The minimum absolute atomic E-state index is 0.521. The zero-order chi connectivity index (χ0) is 13.9. The van der Waals surface area contributed by atoms with E-state index in [-0.39, 0.29) is 0 Å². The topological polar surface area (TPSA) is 54.6 Å². The Hall–Kier alpha value is -1.36. The Bertz CT molecular complexity index is 532. The summed E-state index contributed by atoms with van der Waals surface area (Å²) in [6.45, 7) is 4.05. The smallest absolute Gasteiger partial charge is 0.310 e. The predicted octanol–water partition coefficient (Wildman–Crippen LogP) is 3.61. The quantitative estimate of drug-likeness (QED) is 0.843. The highest BCUT2D eigenvalue weighted by Gasteiger charge is 2.36. The van der Waals surface area contributed by atoms with E-state index in [0.717, 1.165) is 29.9 Å². The maximum Gasteiger partial charge on any atom is 0.310 e. The van der Waals surface area contributed by atoms with Crippen molar-refractivity contribution in [2.75, 3.05) is 0 Å². The molecular formula is C14H20N2O2S. The van der Waals surface area contributed by atoms with Crippen LogP contribution in [0.1, 0.15) is 45.2 Å². The van der Waals surface area contributed by atoms with E-state index in [4.69, 9.17) is 0 Å². The van der Waals surface area contributed by atoms with Crippen LogP contribution in [-0.2, 0) is 11.2 Å². The molecule has 0 aliphatic rings. The zero-order valence-corrected chi connectivity index (χ0v) is 12.2. The van der Waals surface area contributed by atoms with Gasteiger partial charge in [-0.25, -0.2) is 4.98 Å². The van der Waals surface area contributed by atoms with Gasteiger partial charge in [0.15, 0.2) is 4.96 Å². The SMILES string of the molecule is CCCCC(CC)(Cc1cn2ccsc2n1)C(=O)O. The molecule has 0 bridgehead atoms. The van der Waals surface area contributed by atoms with Crippen LogP contribution in [0.3, 0.4) is 0 Å². The molecule has 104 valence electrons. The Kier molecular flexibility index (Phi) is 4.24. The highest BCUT2D eigenvalue weighted by molar-refractivity contribution is 7.15. The average Bonchev–Trinajstić information content (AvgIpc) is 2.94.